The number of aliphatic imine (C=N–C) groups is 1. The molecule has 2 heterocycles. The van der Waals surface area contributed by atoms with Gasteiger partial charge in [-0.05, 0) is 37.5 Å². The van der Waals surface area contributed by atoms with Crippen LogP contribution >= 0.6 is 11.8 Å². The van der Waals surface area contributed by atoms with E-state index in [1.165, 1.54) is 36.3 Å². The average Bonchev–Trinajstić information content (AvgIpc) is 3.48. The van der Waals surface area contributed by atoms with Crippen molar-refractivity contribution in [2.45, 2.75) is 37.5 Å². The van der Waals surface area contributed by atoms with Crippen molar-refractivity contribution in [2.24, 2.45) is 22.6 Å². The van der Waals surface area contributed by atoms with Crippen LogP contribution in [0.25, 0.3) is 0 Å². The number of fused-ring (bicyclic) bond motifs is 1. The van der Waals surface area contributed by atoms with E-state index in [1.54, 1.807) is 13.2 Å². The molecule has 2 aromatic rings. The average molecular weight is 474 g/mol. The van der Waals surface area contributed by atoms with Gasteiger partial charge >= 0.3 is 0 Å². The number of thioether (sulfide) groups is 1. The molecule has 1 aliphatic carbocycles. The number of hydrogen-bond donors (Lipinski definition) is 2. The highest BCUT2D eigenvalue weighted by atomic mass is 32.2. The zero-order valence-corrected chi connectivity index (χ0v) is 19.9. The van der Waals surface area contributed by atoms with Crippen LogP contribution in [0.1, 0.15) is 43.2 Å². The summed E-state index contributed by atoms with van der Waals surface area (Å²) in [7, 11) is 1.65. The second-order valence-corrected chi connectivity index (χ2v) is 10.5. The van der Waals surface area contributed by atoms with Gasteiger partial charge in [0.2, 0.25) is 5.88 Å². The van der Waals surface area contributed by atoms with E-state index < -0.39 is 17.3 Å². The first-order valence-corrected chi connectivity index (χ1v) is 11.6. The molecule has 0 radical (unpaired) electrons. The number of methoxy groups -OCH3 is 1. The Morgan fingerprint density at radius 3 is 2.82 bits per heavy atom. The fourth-order valence-corrected chi connectivity index (χ4v) is 5.73. The third-order valence-corrected chi connectivity index (χ3v) is 7.21. The lowest BCUT2D eigenvalue weighted by Crippen LogP contribution is -2.37. The predicted molar refractivity (Wildman–Crippen MR) is 126 cm³/mol. The second-order valence-electron chi connectivity index (χ2n) is 9.05. The highest BCUT2D eigenvalue weighted by Gasteiger charge is 2.66. The Bertz CT molecular complexity index is 1080. The van der Waals surface area contributed by atoms with Gasteiger partial charge in [-0.1, -0.05) is 25.6 Å². The van der Waals surface area contributed by atoms with E-state index >= 15 is 0 Å². The molecule has 1 aliphatic heterocycles. The molecule has 2 aliphatic rings. The monoisotopic (exact) mass is 473 g/mol. The number of anilines is 1. The number of halogens is 1. The normalized spacial score (nSPS) is 25.9. The molecular weight excluding hydrogens is 445 g/mol. The highest BCUT2D eigenvalue weighted by molar-refractivity contribution is 8.15. The maximum Gasteiger partial charge on any atom is 0.275 e. The van der Waals surface area contributed by atoms with Gasteiger partial charge < -0.3 is 20.5 Å². The van der Waals surface area contributed by atoms with E-state index in [2.05, 4.69) is 20.3 Å². The van der Waals surface area contributed by atoms with Gasteiger partial charge in [0.1, 0.15) is 11.5 Å². The van der Waals surface area contributed by atoms with E-state index in [4.69, 9.17) is 15.2 Å². The molecule has 3 atom stereocenters. The van der Waals surface area contributed by atoms with Crippen LogP contribution in [0.4, 0.5) is 10.1 Å². The van der Waals surface area contributed by atoms with Crippen molar-refractivity contribution in [2.75, 3.05) is 25.6 Å². The number of amidine groups is 1. The molecule has 33 heavy (non-hydrogen) atoms. The first-order chi connectivity index (χ1) is 15.7. The van der Waals surface area contributed by atoms with Gasteiger partial charge in [-0.2, -0.15) is 0 Å². The zero-order valence-electron chi connectivity index (χ0n) is 19.1. The van der Waals surface area contributed by atoms with Crippen LogP contribution in [-0.2, 0) is 10.3 Å². The van der Waals surface area contributed by atoms with Crippen molar-refractivity contribution in [3.63, 3.8) is 0 Å². The van der Waals surface area contributed by atoms with E-state index in [-0.39, 0.29) is 16.4 Å². The second kappa shape index (κ2) is 8.90. The maximum absolute atomic E-state index is 15.0. The number of nitrogens with two attached hydrogens (primary N) is 1. The third kappa shape index (κ3) is 4.67. The number of carbonyl (C=O) groups is 1. The number of nitrogens with zero attached hydrogens (tertiary/aromatic N) is 3. The standard InChI is InChI=1S/C23H28FN5O3S/c1-13(2)11-32-19-10-26-17(9-27-19)20(30)28-14-5-6-16(24)15(7-14)22(3)18-8-23(18,12-31-4)33-21(25)29-22/h5-7,9-10,13,18H,8,11-12H2,1-4H3,(H2,25,29)(H,28,30)/t18-,22+,23+/m0/s1. The Kier molecular flexibility index (Phi) is 6.32. The summed E-state index contributed by atoms with van der Waals surface area (Å²) in [5, 5.41) is 3.18. The predicted octanol–water partition coefficient (Wildman–Crippen LogP) is 3.58. The van der Waals surface area contributed by atoms with Gasteiger partial charge in [0.25, 0.3) is 5.91 Å². The van der Waals surface area contributed by atoms with Crippen LogP contribution in [-0.4, -0.2) is 46.1 Å². The summed E-state index contributed by atoms with van der Waals surface area (Å²) in [5.74, 6) is -0.0765. The number of hydrogen-bond acceptors (Lipinski definition) is 8. The van der Waals surface area contributed by atoms with Crippen LogP contribution in [0.15, 0.2) is 35.6 Å². The minimum Gasteiger partial charge on any atom is -0.476 e. The molecule has 1 amide bonds. The van der Waals surface area contributed by atoms with Crippen LogP contribution in [0.5, 0.6) is 5.88 Å². The summed E-state index contributed by atoms with van der Waals surface area (Å²) in [6.45, 7) is 6.96. The molecule has 1 aromatic carbocycles. The van der Waals surface area contributed by atoms with Gasteiger partial charge in [0.15, 0.2) is 5.17 Å². The lowest BCUT2D eigenvalue weighted by atomic mass is 9.85. The Hall–Kier alpha value is -2.72. The Morgan fingerprint density at radius 1 is 1.36 bits per heavy atom. The van der Waals surface area contributed by atoms with Gasteiger partial charge in [-0.15, -0.1) is 0 Å². The minimum absolute atomic E-state index is 0.0759. The van der Waals surface area contributed by atoms with Crippen molar-refractivity contribution < 1.29 is 18.7 Å². The lowest BCUT2D eigenvalue weighted by molar-refractivity contribution is 0.102. The Labute approximate surface area is 196 Å². The van der Waals surface area contributed by atoms with Gasteiger partial charge in [-0.25, -0.2) is 14.4 Å². The summed E-state index contributed by atoms with van der Waals surface area (Å²) >= 11 is 1.49. The maximum atomic E-state index is 15.0. The van der Waals surface area contributed by atoms with Crippen molar-refractivity contribution in [3.05, 3.63) is 47.7 Å². The van der Waals surface area contributed by atoms with Gasteiger partial charge in [0, 0.05) is 24.3 Å². The van der Waals surface area contributed by atoms with Crippen molar-refractivity contribution in [1.29, 1.82) is 0 Å². The third-order valence-electron chi connectivity index (χ3n) is 5.94. The Morgan fingerprint density at radius 2 is 2.15 bits per heavy atom. The van der Waals surface area contributed by atoms with E-state index in [1.807, 2.05) is 20.8 Å². The largest absolute Gasteiger partial charge is 0.476 e. The molecule has 176 valence electrons. The SMILES string of the molecule is COC[C@]12C[C@H]1[C@@](C)(c1cc(NC(=O)c3cnc(OCC(C)C)cn3)ccc1F)N=C(N)S2. The summed E-state index contributed by atoms with van der Waals surface area (Å²) in [6, 6.07) is 4.45. The van der Waals surface area contributed by atoms with Crippen molar-refractivity contribution in [3.8, 4) is 5.88 Å². The molecule has 4 rings (SSSR count). The van der Waals surface area contributed by atoms with Gasteiger partial charge in [0.05, 0.1) is 35.9 Å². The van der Waals surface area contributed by atoms with E-state index in [9.17, 15) is 9.18 Å². The first-order valence-electron chi connectivity index (χ1n) is 10.8. The number of nitrogens with one attached hydrogen (secondary N) is 1. The van der Waals surface area contributed by atoms with Crippen LogP contribution in [0, 0.1) is 17.7 Å². The first kappa shape index (κ1) is 23.4. The van der Waals surface area contributed by atoms with Crippen molar-refractivity contribution >= 4 is 28.5 Å². The molecule has 3 N–H and O–H groups in total. The molecule has 0 saturated heterocycles. The highest BCUT2D eigenvalue weighted by Crippen LogP contribution is 2.66. The quantitative estimate of drug-likeness (QED) is 0.603. The number of benzene rings is 1. The summed E-state index contributed by atoms with van der Waals surface area (Å²) < 4.78 is 25.7. The molecule has 10 heteroatoms. The fraction of sp³-hybridized carbons (Fsp3) is 0.478. The molecule has 0 spiro atoms. The zero-order chi connectivity index (χ0) is 23.8. The summed E-state index contributed by atoms with van der Waals surface area (Å²) in [4.78, 5) is 25.6. The molecule has 1 saturated carbocycles. The molecule has 8 nitrogen and oxygen atoms in total. The fourth-order valence-electron chi connectivity index (χ4n) is 4.28. The van der Waals surface area contributed by atoms with Gasteiger partial charge in [-0.3, -0.25) is 9.79 Å². The number of aromatic nitrogens is 2. The van der Waals surface area contributed by atoms with E-state index in [0.29, 0.717) is 41.4 Å². The van der Waals surface area contributed by atoms with Crippen LogP contribution in [0.2, 0.25) is 0 Å². The number of ether oxygens (including phenoxy) is 2. The van der Waals surface area contributed by atoms with Crippen LogP contribution < -0.4 is 15.8 Å². The smallest absolute Gasteiger partial charge is 0.275 e. The Balaban J connectivity index is 1.53. The molecule has 0 bridgehead atoms. The van der Waals surface area contributed by atoms with E-state index in [0.717, 1.165) is 6.42 Å². The van der Waals surface area contributed by atoms with Crippen molar-refractivity contribution in [1.82, 2.24) is 9.97 Å². The lowest BCUT2D eigenvalue weighted by Gasteiger charge is -2.34. The molecular formula is C23H28FN5O3S. The van der Waals surface area contributed by atoms with Crippen LogP contribution in [0.3, 0.4) is 0 Å². The minimum atomic E-state index is -0.853. The summed E-state index contributed by atoms with van der Waals surface area (Å²) in [5.41, 5.74) is 6.21. The number of rotatable bonds is 8. The molecule has 1 aromatic heterocycles. The summed E-state index contributed by atoms with van der Waals surface area (Å²) in [6.07, 6.45) is 3.58. The molecule has 1 fully saturated rings. The molecule has 0 unspecified atom stereocenters. The number of carbonyl (C=O) groups excluding carboxylic acids is 1. The topological polar surface area (TPSA) is 112 Å². The number of amides is 1.